The Bertz CT molecular complexity index is 614. The molecule has 1 aliphatic heterocycles. The Balaban J connectivity index is 2.04. The number of amides is 2. The van der Waals surface area contributed by atoms with Crippen molar-refractivity contribution < 1.29 is 9.59 Å². The van der Waals surface area contributed by atoms with E-state index in [1.165, 1.54) is 11.3 Å². The number of likely N-dealkylation sites (tertiary alicyclic amines) is 1. The van der Waals surface area contributed by atoms with Gasteiger partial charge in [0.25, 0.3) is 5.91 Å². The van der Waals surface area contributed by atoms with Crippen molar-refractivity contribution in [3.63, 3.8) is 0 Å². The molecule has 2 unspecified atom stereocenters. The predicted molar refractivity (Wildman–Crippen MR) is 107 cm³/mol. The minimum absolute atomic E-state index is 0.0429. The number of rotatable bonds is 8. The zero-order chi connectivity index (χ0) is 19.1. The van der Waals surface area contributed by atoms with E-state index >= 15 is 0 Å². The van der Waals surface area contributed by atoms with E-state index in [4.69, 9.17) is 0 Å². The molecule has 0 saturated carbocycles. The van der Waals surface area contributed by atoms with Crippen LogP contribution >= 0.6 is 11.3 Å². The lowest BCUT2D eigenvalue weighted by Gasteiger charge is -2.37. The van der Waals surface area contributed by atoms with Crippen LogP contribution in [0.1, 0.15) is 79.7 Å². The highest BCUT2D eigenvalue weighted by atomic mass is 32.1. The average molecular weight is 380 g/mol. The minimum Gasteiger partial charge on any atom is -0.356 e. The average Bonchev–Trinajstić information content (AvgIpc) is 3.00. The minimum atomic E-state index is -0.0974. The molecule has 146 valence electrons. The molecule has 2 rings (SSSR count). The Morgan fingerprint density at radius 1 is 1.23 bits per heavy atom. The number of carbonyl (C=O) groups is 2. The van der Waals surface area contributed by atoms with Gasteiger partial charge in [-0.1, -0.05) is 26.7 Å². The molecule has 6 heteroatoms. The van der Waals surface area contributed by atoms with Crippen LogP contribution in [0.5, 0.6) is 0 Å². The van der Waals surface area contributed by atoms with Gasteiger partial charge in [-0.15, -0.1) is 11.3 Å². The number of unbranched alkanes of at least 4 members (excludes halogenated alkanes) is 2. The maximum Gasteiger partial charge on any atom is 0.266 e. The van der Waals surface area contributed by atoms with Gasteiger partial charge in [-0.05, 0) is 46.0 Å². The fourth-order valence-corrected chi connectivity index (χ4v) is 4.42. The molecule has 2 atom stereocenters. The first-order valence-electron chi connectivity index (χ1n) is 10.0. The summed E-state index contributed by atoms with van der Waals surface area (Å²) in [6.07, 6.45) is 6.95. The van der Waals surface area contributed by atoms with Crippen LogP contribution in [0.4, 0.5) is 0 Å². The summed E-state index contributed by atoms with van der Waals surface area (Å²) in [6.45, 7) is 9.51. The summed E-state index contributed by atoms with van der Waals surface area (Å²) in [7, 11) is 0. The van der Waals surface area contributed by atoms with Gasteiger partial charge in [0.2, 0.25) is 5.91 Å². The molecule has 1 N–H and O–H groups in total. The molecular weight excluding hydrogens is 346 g/mol. The highest BCUT2D eigenvalue weighted by molar-refractivity contribution is 7.13. The number of piperidine rings is 1. The Morgan fingerprint density at radius 3 is 2.65 bits per heavy atom. The fraction of sp³-hybridized carbons (Fsp3) is 0.750. The zero-order valence-electron chi connectivity index (χ0n) is 16.6. The third-order valence-electron chi connectivity index (χ3n) is 5.12. The lowest BCUT2D eigenvalue weighted by atomic mass is 9.92. The van der Waals surface area contributed by atoms with Gasteiger partial charge in [-0.25, -0.2) is 4.98 Å². The third-order valence-corrected chi connectivity index (χ3v) is 6.33. The number of nitrogens with zero attached hydrogens (tertiary/aromatic N) is 2. The van der Waals surface area contributed by atoms with E-state index in [0.29, 0.717) is 6.54 Å². The SMILES string of the molecule is CCCCNC(=O)C1CCC(C)N(C(=O)c2sc(CCCC)nc2C)C1. The summed E-state index contributed by atoms with van der Waals surface area (Å²) in [5.74, 6) is 0.0360. The predicted octanol–water partition coefficient (Wildman–Crippen LogP) is 3.95. The van der Waals surface area contributed by atoms with Gasteiger partial charge in [0.1, 0.15) is 4.88 Å². The number of hydrogen-bond acceptors (Lipinski definition) is 4. The van der Waals surface area contributed by atoms with E-state index < -0.39 is 0 Å². The topological polar surface area (TPSA) is 62.3 Å². The van der Waals surface area contributed by atoms with Crippen LogP contribution in [0.15, 0.2) is 0 Å². The Morgan fingerprint density at radius 2 is 1.96 bits per heavy atom. The van der Waals surface area contributed by atoms with Crippen molar-refractivity contribution in [1.82, 2.24) is 15.2 Å². The highest BCUT2D eigenvalue weighted by Crippen LogP contribution is 2.27. The summed E-state index contributed by atoms with van der Waals surface area (Å²) in [5.41, 5.74) is 0.827. The molecule has 0 spiro atoms. The highest BCUT2D eigenvalue weighted by Gasteiger charge is 2.34. The number of nitrogens with one attached hydrogen (secondary N) is 1. The van der Waals surface area contributed by atoms with Crippen LogP contribution in [0, 0.1) is 12.8 Å². The molecule has 1 saturated heterocycles. The normalized spacial score (nSPS) is 20.2. The molecular formula is C20H33N3O2S. The monoisotopic (exact) mass is 379 g/mol. The summed E-state index contributed by atoms with van der Waals surface area (Å²) >= 11 is 1.53. The van der Waals surface area contributed by atoms with Crippen LogP contribution in [0.25, 0.3) is 0 Å². The molecule has 26 heavy (non-hydrogen) atoms. The smallest absolute Gasteiger partial charge is 0.266 e. The van der Waals surface area contributed by atoms with E-state index in [1.54, 1.807) is 0 Å². The summed E-state index contributed by atoms with van der Waals surface area (Å²) in [6, 6.07) is 0.169. The number of aromatic nitrogens is 1. The van der Waals surface area contributed by atoms with Gasteiger partial charge in [0, 0.05) is 19.1 Å². The van der Waals surface area contributed by atoms with Gasteiger partial charge in [0.05, 0.1) is 16.6 Å². The van der Waals surface area contributed by atoms with Gasteiger partial charge >= 0.3 is 0 Å². The second kappa shape index (κ2) is 10.0. The fourth-order valence-electron chi connectivity index (χ4n) is 3.35. The largest absolute Gasteiger partial charge is 0.356 e. The van der Waals surface area contributed by atoms with E-state index in [1.807, 2.05) is 11.8 Å². The van der Waals surface area contributed by atoms with Gasteiger partial charge in [-0.2, -0.15) is 0 Å². The Labute approximate surface area is 161 Å². The summed E-state index contributed by atoms with van der Waals surface area (Å²) < 4.78 is 0. The van der Waals surface area contributed by atoms with Crippen molar-refractivity contribution in [2.24, 2.45) is 5.92 Å². The molecule has 0 radical (unpaired) electrons. The number of hydrogen-bond donors (Lipinski definition) is 1. The van der Waals surface area contributed by atoms with E-state index in [2.05, 4.69) is 31.1 Å². The number of carbonyl (C=O) groups excluding carboxylic acids is 2. The molecule has 5 nitrogen and oxygen atoms in total. The van der Waals surface area contributed by atoms with E-state index in [0.717, 1.165) is 67.1 Å². The van der Waals surface area contributed by atoms with Crippen molar-refractivity contribution >= 4 is 23.2 Å². The summed E-state index contributed by atoms with van der Waals surface area (Å²) in [5, 5.41) is 4.07. The first-order chi connectivity index (χ1) is 12.5. The second-order valence-corrected chi connectivity index (χ2v) is 8.43. The van der Waals surface area contributed by atoms with Gasteiger partial charge < -0.3 is 10.2 Å². The molecule has 0 bridgehead atoms. The zero-order valence-corrected chi connectivity index (χ0v) is 17.5. The maximum atomic E-state index is 13.1. The number of aryl methyl sites for hydroxylation is 2. The van der Waals surface area contributed by atoms with E-state index in [-0.39, 0.29) is 23.8 Å². The van der Waals surface area contributed by atoms with E-state index in [9.17, 15) is 9.59 Å². The lowest BCUT2D eigenvalue weighted by Crippen LogP contribution is -2.49. The van der Waals surface area contributed by atoms with Crippen LogP contribution in [-0.4, -0.2) is 40.8 Å². The second-order valence-electron chi connectivity index (χ2n) is 7.35. The third kappa shape index (κ3) is 5.29. The first kappa shape index (κ1) is 20.9. The summed E-state index contributed by atoms with van der Waals surface area (Å²) in [4.78, 5) is 32.7. The Hall–Kier alpha value is -1.43. The standard InChI is InChI=1S/C20H33N3O2S/c1-5-7-9-17-22-15(4)18(26-17)20(25)23-13-16(11-10-14(23)3)19(24)21-12-8-6-2/h14,16H,5-13H2,1-4H3,(H,21,24). The van der Waals surface area contributed by atoms with Crippen molar-refractivity contribution in [3.05, 3.63) is 15.6 Å². The van der Waals surface area contributed by atoms with Gasteiger partial charge in [0.15, 0.2) is 0 Å². The number of thiazole rings is 1. The van der Waals surface area contributed by atoms with Crippen LogP contribution in [0.3, 0.4) is 0 Å². The van der Waals surface area contributed by atoms with Crippen molar-refractivity contribution in [3.8, 4) is 0 Å². The van der Waals surface area contributed by atoms with Crippen molar-refractivity contribution in [2.75, 3.05) is 13.1 Å². The van der Waals surface area contributed by atoms with Crippen LogP contribution in [-0.2, 0) is 11.2 Å². The van der Waals surface area contributed by atoms with Crippen LogP contribution in [0.2, 0.25) is 0 Å². The van der Waals surface area contributed by atoms with Crippen molar-refractivity contribution in [2.45, 2.75) is 78.7 Å². The van der Waals surface area contributed by atoms with Crippen molar-refractivity contribution in [1.29, 1.82) is 0 Å². The van der Waals surface area contributed by atoms with Crippen LogP contribution < -0.4 is 5.32 Å². The molecule has 1 aromatic heterocycles. The molecule has 0 aromatic carbocycles. The lowest BCUT2D eigenvalue weighted by molar-refractivity contribution is -0.126. The molecule has 1 fully saturated rings. The quantitative estimate of drug-likeness (QED) is 0.696. The van der Waals surface area contributed by atoms with Gasteiger partial charge in [-0.3, -0.25) is 9.59 Å². The molecule has 2 amide bonds. The Kier molecular flexibility index (Phi) is 8.07. The molecule has 0 aliphatic carbocycles. The first-order valence-corrected chi connectivity index (χ1v) is 10.8. The maximum absolute atomic E-state index is 13.1. The molecule has 1 aliphatic rings. The molecule has 1 aromatic rings. The molecule has 2 heterocycles.